The Labute approximate surface area is 126 Å². The van der Waals surface area contributed by atoms with Gasteiger partial charge in [0.25, 0.3) is 10.2 Å². The topological polar surface area (TPSA) is 76.2 Å². The van der Waals surface area contributed by atoms with Gasteiger partial charge in [-0.25, -0.2) is 0 Å². The molecule has 7 nitrogen and oxygen atoms in total. The van der Waals surface area contributed by atoms with Crippen molar-refractivity contribution < 1.29 is 22.7 Å². The van der Waals surface area contributed by atoms with Crippen molar-refractivity contribution in [2.75, 3.05) is 33.3 Å². The minimum absolute atomic E-state index is 0.121. The highest BCUT2D eigenvalue weighted by Gasteiger charge is 2.39. The van der Waals surface area contributed by atoms with Crippen LogP contribution in [0.25, 0.3) is 0 Å². The SMILES string of the molecule is COC(=O)[C@H]1CCCN(S(=O)(=O)N2CC(C)OC(C)C2)C1. The first kappa shape index (κ1) is 16.7. The fourth-order valence-electron chi connectivity index (χ4n) is 2.99. The van der Waals surface area contributed by atoms with E-state index in [1.807, 2.05) is 13.8 Å². The number of methoxy groups -OCH3 is 1. The summed E-state index contributed by atoms with van der Waals surface area (Å²) in [6.45, 7) is 5.10. The summed E-state index contributed by atoms with van der Waals surface area (Å²) in [5, 5.41) is 0. The van der Waals surface area contributed by atoms with Crippen LogP contribution in [0.15, 0.2) is 0 Å². The molecule has 0 aromatic heterocycles. The molecule has 0 aliphatic carbocycles. The van der Waals surface area contributed by atoms with E-state index in [-0.39, 0.29) is 30.6 Å². The third kappa shape index (κ3) is 3.74. The summed E-state index contributed by atoms with van der Waals surface area (Å²) in [6.07, 6.45) is 1.11. The van der Waals surface area contributed by atoms with Crippen LogP contribution in [0.5, 0.6) is 0 Å². The maximum atomic E-state index is 12.7. The number of hydrogen-bond acceptors (Lipinski definition) is 5. The van der Waals surface area contributed by atoms with E-state index in [9.17, 15) is 13.2 Å². The van der Waals surface area contributed by atoms with Crippen molar-refractivity contribution in [3.05, 3.63) is 0 Å². The highest BCUT2D eigenvalue weighted by atomic mass is 32.2. The summed E-state index contributed by atoms with van der Waals surface area (Å²) in [5.41, 5.74) is 0. The Balaban J connectivity index is 2.09. The van der Waals surface area contributed by atoms with Gasteiger partial charge in [-0.05, 0) is 26.7 Å². The van der Waals surface area contributed by atoms with Crippen LogP contribution in [0.3, 0.4) is 0 Å². The van der Waals surface area contributed by atoms with Crippen LogP contribution < -0.4 is 0 Å². The quantitative estimate of drug-likeness (QED) is 0.696. The Hall–Kier alpha value is -0.700. The number of carbonyl (C=O) groups is 1. The molecule has 0 radical (unpaired) electrons. The van der Waals surface area contributed by atoms with Crippen LogP contribution in [0.4, 0.5) is 0 Å². The predicted octanol–water partition coefficient (Wildman–Crippen LogP) is 0.225. The van der Waals surface area contributed by atoms with Gasteiger partial charge in [-0.1, -0.05) is 0 Å². The number of ether oxygens (including phenoxy) is 2. The minimum atomic E-state index is -3.55. The van der Waals surface area contributed by atoms with Crippen molar-refractivity contribution in [3.8, 4) is 0 Å². The van der Waals surface area contributed by atoms with Gasteiger partial charge < -0.3 is 9.47 Å². The van der Waals surface area contributed by atoms with Crippen molar-refractivity contribution in [2.24, 2.45) is 5.92 Å². The first-order valence-electron chi connectivity index (χ1n) is 7.33. The van der Waals surface area contributed by atoms with Crippen molar-refractivity contribution in [2.45, 2.75) is 38.9 Å². The Morgan fingerprint density at radius 1 is 1.14 bits per heavy atom. The number of rotatable bonds is 3. The Morgan fingerprint density at radius 3 is 2.33 bits per heavy atom. The molecular weight excluding hydrogens is 296 g/mol. The second-order valence-corrected chi connectivity index (χ2v) is 7.73. The first-order chi connectivity index (χ1) is 9.84. The monoisotopic (exact) mass is 320 g/mol. The number of morpholine rings is 1. The molecule has 0 saturated carbocycles. The molecule has 2 heterocycles. The first-order valence-corrected chi connectivity index (χ1v) is 8.72. The van der Waals surface area contributed by atoms with E-state index in [4.69, 9.17) is 9.47 Å². The Morgan fingerprint density at radius 2 is 1.76 bits per heavy atom. The average Bonchev–Trinajstić information content (AvgIpc) is 2.45. The molecule has 21 heavy (non-hydrogen) atoms. The molecule has 122 valence electrons. The van der Waals surface area contributed by atoms with Gasteiger partial charge in [-0.3, -0.25) is 4.79 Å². The van der Waals surface area contributed by atoms with Gasteiger partial charge in [0.1, 0.15) is 0 Å². The molecule has 0 aromatic rings. The zero-order chi connectivity index (χ0) is 15.6. The molecule has 0 amide bonds. The molecule has 2 fully saturated rings. The second-order valence-electron chi connectivity index (χ2n) is 5.80. The van der Waals surface area contributed by atoms with E-state index < -0.39 is 10.2 Å². The number of nitrogens with zero attached hydrogens (tertiary/aromatic N) is 2. The highest BCUT2D eigenvalue weighted by molar-refractivity contribution is 7.86. The van der Waals surface area contributed by atoms with E-state index in [2.05, 4.69) is 0 Å². The van der Waals surface area contributed by atoms with Crippen LogP contribution in [0, 0.1) is 5.92 Å². The molecule has 2 unspecified atom stereocenters. The average molecular weight is 320 g/mol. The predicted molar refractivity (Wildman–Crippen MR) is 76.8 cm³/mol. The maximum Gasteiger partial charge on any atom is 0.309 e. The van der Waals surface area contributed by atoms with E-state index in [1.165, 1.54) is 15.7 Å². The number of carbonyl (C=O) groups excluding carboxylic acids is 1. The third-order valence-corrected chi connectivity index (χ3v) is 5.89. The fourth-order valence-corrected chi connectivity index (χ4v) is 4.84. The molecular formula is C13H24N2O5S. The van der Waals surface area contributed by atoms with Crippen molar-refractivity contribution in [1.29, 1.82) is 0 Å². The van der Waals surface area contributed by atoms with Crippen LogP contribution in [0.1, 0.15) is 26.7 Å². The van der Waals surface area contributed by atoms with E-state index in [1.54, 1.807) is 0 Å². The van der Waals surface area contributed by atoms with E-state index in [0.29, 0.717) is 32.5 Å². The lowest BCUT2D eigenvalue weighted by Crippen LogP contribution is -2.55. The van der Waals surface area contributed by atoms with Crippen molar-refractivity contribution >= 4 is 16.2 Å². The summed E-state index contributed by atoms with van der Waals surface area (Å²) in [6, 6.07) is 0. The molecule has 0 spiro atoms. The summed E-state index contributed by atoms with van der Waals surface area (Å²) in [4.78, 5) is 11.6. The number of esters is 1. The standard InChI is InChI=1S/C13H24N2O5S/c1-10-7-15(8-11(2)20-10)21(17,18)14-6-4-5-12(9-14)13(16)19-3/h10-12H,4-9H2,1-3H3/t10?,11?,12-/m0/s1. The fraction of sp³-hybridized carbons (Fsp3) is 0.923. The van der Waals surface area contributed by atoms with Crippen molar-refractivity contribution in [3.63, 3.8) is 0 Å². The largest absolute Gasteiger partial charge is 0.469 e. The normalized spacial score (nSPS) is 32.8. The van der Waals surface area contributed by atoms with Gasteiger partial charge in [-0.15, -0.1) is 0 Å². The summed E-state index contributed by atoms with van der Waals surface area (Å²) < 4.78 is 38.6. The molecule has 0 bridgehead atoms. The van der Waals surface area contributed by atoms with Crippen molar-refractivity contribution in [1.82, 2.24) is 8.61 Å². The summed E-state index contributed by atoms with van der Waals surface area (Å²) >= 11 is 0. The second kappa shape index (κ2) is 6.60. The lowest BCUT2D eigenvalue weighted by Gasteiger charge is -2.39. The maximum absolute atomic E-state index is 12.7. The molecule has 2 aliphatic rings. The molecule has 2 rings (SSSR count). The zero-order valence-electron chi connectivity index (χ0n) is 12.8. The smallest absolute Gasteiger partial charge is 0.309 e. The van der Waals surface area contributed by atoms with Crippen LogP contribution in [-0.2, 0) is 24.5 Å². The number of piperidine rings is 1. The zero-order valence-corrected chi connectivity index (χ0v) is 13.6. The Kier molecular flexibility index (Phi) is 5.24. The van der Waals surface area contributed by atoms with Gasteiger partial charge in [-0.2, -0.15) is 17.0 Å². The highest BCUT2D eigenvalue weighted by Crippen LogP contribution is 2.24. The molecule has 2 saturated heterocycles. The lowest BCUT2D eigenvalue weighted by molar-refractivity contribution is -0.146. The van der Waals surface area contributed by atoms with Gasteiger partial charge in [0.15, 0.2) is 0 Å². The number of hydrogen-bond donors (Lipinski definition) is 0. The van der Waals surface area contributed by atoms with Gasteiger partial charge in [0, 0.05) is 26.2 Å². The third-order valence-electron chi connectivity index (χ3n) is 3.96. The van der Waals surface area contributed by atoms with Crippen LogP contribution in [0.2, 0.25) is 0 Å². The molecule has 0 N–H and O–H groups in total. The molecule has 2 aliphatic heterocycles. The van der Waals surface area contributed by atoms with E-state index >= 15 is 0 Å². The van der Waals surface area contributed by atoms with Gasteiger partial charge in [0.05, 0.1) is 25.2 Å². The summed E-state index contributed by atoms with van der Waals surface area (Å²) in [5.74, 6) is -0.701. The minimum Gasteiger partial charge on any atom is -0.469 e. The van der Waals surface area contributed by atoms with Crippen LogP contribution in [-0.4, -0.2) is 68.5 Å². The molecule has 8 heteroatoms. The molecule has 3 atom stereocenters. The Bertz CT molecular complexity index is 471. The van der Waals surface area contributed by atoms with Gasteiger partial charge in [0.2, 0.25) is 0 Å². The lowest BCUT2D eigenvalue weighted by atomic mass is 10.0. The van der Waals surface area contributed by atoms with Gasteiger partial charge >= 0.3 is 5.97 Å². The van der Waals surface area contributed by atoms with Crippen LogP contribution >= 0.6 is 0 Å². The van der Waals surface area contributed by atoms with E-state index in [0.717, 1.165) is 0 Å². The molecule has 0 aromatic carbocycles. The summed E-state index contributed by atoms with van der Waals surface area (Å²) in [7, 11) is -2.21.